The van der Waals surface area contributed by atoms with Crippen molar-refractivity contribution in [2.75, 3.05) is 39.6 Å². The first-order valence-electron chi connectivity index (χ1n) is 7.92. The summed E-state index contributed by atoms with van der Waals surface area (Å²) in [6.45, 7) is 1.70. The maximum absolute atomic E-state index is 13.8. The summed E-state index contributed by atoms with van der Waals surface area (Å²) in [7, 11) is 5.29. The van der Waals surface area contributed by atoms with E-state index in [2.05, 4.69) is 10.3 Å². The fourth-order valence-corrected chi connectivity index (χ4v) is 2.23. The molecule has 1 heterocycles. The van der Waals surface area contributed by atoms with Crippen molar-refractivity contribution in [3.63, 3.8) is 0 Å². The highest BCUT2D eigenvalue weighted by molar-refractivity contribution is 5.89. The van der Waals surface area contributed by atoms with Gasteiger partial charge in [-0.05, 0) is 43.9 Å². The molecule has 0 radical (unpaired) electrons. The lowest BCUT2D eigenvalue weighted by molar-refractivity contribution is 0.202. The number of nitrogens with one attached hydrogen (secondary N) is 1. The number of carbonyl (C=O) groups is 1. The molecule has 0 spiro atoms. The fraction of sp³-hybridized carbons (Fsp3) is 0.333. The van der Waals surface area contributed by atoms with Gasteiger partial charge in [0.2, 0.25) is 0 Å². The van der Waals surface area contributed by atoms with Crippen LogP contribution < -0.4 is 10.1 Å². The van der Waals surface area contributed by atoms with Crippen molar-refractivity contribution in [2.24, 2.45) is 0 Å². The van der Waals surface area contributed by atoms with E-state index in [1.54, 1.807) is 23.4 Å². The van der Waals surface area contributed by atoms with Gasteiger partial charge in [-0.1, -0.05) is 0 Å². The molecule has 1 aromatic heterocycles. The molecule has 0 fully saturated rings. The summed E-state index contributed by atoms with van der Waals surface area (Å²) in [4.78, 5) is 20.3. The van der Waals surface area contributed by atoms with Gasteiger partial charge in [-0.15, -0.1) is 0 Å². The fourth-order valence-electron chi connectivity index (χ4n) is 2.23. The number of amides is 2. The molecule has 25 heavy (non-hydrogen) atoms. The molecule has 0 aliphatic rings. The first-order chi connectivity index (χ1) is 12.0. The number of rotatable bonds is 7. The molecule has 0 saturated carbocycles. The highest BCUT2D eigenvalue weighted by Gasteiger charge is 2.15. The Morgan fingerprint density at radius 3 is 2.52 bits per heavy atom. The minimum absolute atomic E-state index is 0.138. The Labute approximate surface area is 147 Å². The molecular formula is C18H23FN4O2. The maximum Gasteiger partial charge on any atom is 0.322 e. The molecule has 6 nitrogen and oxygen atoms in total. The number of carbonyl (C=O) groups excluding carboxylic acids is 1. The normalized spacial score (nSPS) is 10.6. The Morgan fingerprint density at radius 1 is 1.20 bits per heavy atom. The second kappa shape index (κ2) is 8.98. The molecule has 0 unspecified atom stereocenters. The van der Waals surface area contributed by atoms with Crippen molar-refractivity contribution in [1.29, 1.82) is 0 Å². The first-order valence-corrected chi connectivity index (χ1v) is 7.92. The minimum atomic E-state index is -0.519. The van der Waals surface area contributed by atoms with Crippen LogP contribution in [0.5, 0.6) is 5.75 Å². The quantitative estimate of drug-likeness (QED) is 0.838. The van der Waals surface area contributed by atoms with Crippen LogP contribution in [0.15, 0.2) is 42.7 Å². The van der Waals surface area contributed by atoms with E-state index in [0.717, 1.165) is 12.1 Å². The third-order valence-electron chi connectivity index (χ3n) is 3.63. The van der Waals surface area contributed by atoms with Gasteiger partial charge < -0.3 is 19.9 Å². The number of halogens is 1. The second-order valence-electron chi connectivity index (χ2n) is 5.86. The van der Waals surface area contributed by atoms with Crippen LogP contribution in [0.3, 0.4) is 0 Å². The van der Waals surface area contributed by atoms with Crippen LogP contribution in [0.25, 0.3) is 0 Å². The summed E-state index contributed by atoms with van der Waals surface area (Å²) in [5.41, 5.74) is 1.36. The average molecular weight is 346 g/mol. The van der Waals surface area contributed by atoms with Crippen LogP contribution in [-0.2, 0) is 6.54 Å². The minimum Gasteiger partial charge on any atom is -0.494 e. The van der Waals surface area contributed by atoms with E-state index in [1.165, 1.54) is 19.2 Å². The van der Waals surface area contributed by atoms with E-state index < -0.39 is 5.82 Å². The Hall–Kier alpha value is -2.67. The average Bonchev–Trinajstić information content (AvgIpc) is 2.59. The van der Waals surface area contributed by atoms with Gasteiger partial charge in [0, 0.05) is 43.8 Å². The van der Waals surface area contributed by atoms with Crippen molar-refractivity contribution in [1.82, 2.24) is 14.8 Å². The Morgan fingerprint density at radius 2 is 1.92 bits per heavy atom. The zero-order valence-corrected chi connectivity index (χ0v) is 14.7. The third kappa shape index (κ3) is 5.72. The van der Waals surface area contributed by atoms with Crippen molar-refractivity contribution in [2.45, 2.75) is 6.54 Å². The van der Waals surface area contributed by atoms with Gasteiger partial charge in [-0.2, -0.15) is 0 Å². The van der Waals surface area contributed by atoms with Gasteiger partial charge >= 0.3 is 6.03 Å². The van der Waals surface area contributed by atoms with Crippen LogP contribution in [0, 0.1) is 5.82 Å². The molecule has 134 valence electrons. The number of aromatic nitrogens is 1. The summed E-state index contributed by atoms with van der Waals surface area (Å²) in [5, 5.41) is 2.74. The molecule has 7 heteroatoms. The molecule has 2 amide bonds. The summed E-state index contributed by atoms with van der Waals surface area (Å²) in [6.07, 6.45) is 3.38. The molecule has 2 rings (SSSR count). The van der Waals surface area contributed by atoms with E-state index in [1.807, 2.05) is 31.1 Å². The number of pyridine rings is 1. The summed E-state index contributed by atoms with van der Waals surface area (Å²) in [5.74, 6) is -0.381. The lowest BCUT2D eigenvalue weighted by Crippen LogP contribution is -2.39. The van der Waals surface area contributed by atoms with Gasteiger partial charge in [0.05, 0.1) is 7.11 Å². The first kappa shape index (κ1) is 18.7. The van der Waals surface area contributed by atoms with Crippen LogP contribution in [0.4, 0.5) is 14.9 Å². The zero-order chi connectivity index (χ0) is 18.2. The number of ether oxygens (including phenoxy) is 1. The van der Waals surface area contributed by atoms with Gasteiger partial charge in [-0.25, -0.2) is 9.18 Å². The number of hydrogen-bond donors (Lipinski definition) is 1. The lowest BCUT2D eigenvalue weighted by Gasteiger charge is -2.25. The molecule has 0 bridgehead atoms. The molecule has 2 aromatic rings. The van der Waals surface area contributed by atoms with Gasteiger partial charge in [0.15, 0.2) is 11.6 Å². The number of urea groups is 1. The van der Waals surface area contributed by atoms with Crippen molar-refractivity contribution < 1.29 is 13.9 Å². The van der Waals surface area contributed by atoms with E-state index in [9.17, 15) is 9.18 Å². The predicted octanol–water partition coefficient (Wildman–Crippen LogP) is 2.83. The number of anilines is 1. The monoisotopic (exact) mass is 346 g/mol. The van der Waals surface area contributed by atoms with E-state index in [0.29, 0.717) is 18.8 Å². The standard InChI is InChI=1S/C18H23FN4O2/c1-22(2)10-11-23(13-14-6-8-20-9-7-14)18(24)21-15-4-5-17(25-3)16(19)12-15/h4-9,12H,10-11,13H2,1-3H3,(H,21,24). The molecule has 0 aliphatic heterocycles. The topological polar surface area (TPSA) is 57.7 Å². The number of benzene rings is 1. The van der Waals surface area contributed by atoms with Gasteiger partial charge in [0.25, 0.3) is 0 Å². The smallest absolute Gasteiger partial charge is 0.322 e. The van der Waals surface area contributed by atoms with Crippen LogP contribution >= 0.6 is 0 Å². The largest absolute Gasteiger partial charge is 0.494 e. The SMILES string of the molecule is COc1ccc(NC(=O)N(CCN(C)C)Cc2ccncc2)cc1F. The lowest BCUT2D eigenvalue weighted by atomic mass is 10.2. The van der Waals surface area contributed by atoms with Crippen molar-refractivity contribution >= 4 is 11.7 Å². The van der Waals surface area contributed by atoms with E-state index in [4.69, 9.17) is 4.74 Å². The number of hydrogen-bond acceptors (Lipinski definition) is 4. The van der Waals surface area contributed by atoms with E-state index in [-0.39, 0.29) is 11.8 Å². The highest BCUT2D eigenvalue weighted by Crippen LogP contribution is 2.21. The number of likely N-dealkylation sites (N-methyl/N-ethyl adjacent to an activating group) is 1. The summed E-state index contributed by atoms with van der Waals surface area (Å²) in [6, 6.07) is 7.77. The Kier molecular flexibility index (Phi) is 6.71. The molecule has 1 aromatic carbocycles. The van der Waals surface area contributed by atoms with Gasteiger partial charge in [0.1, 0.15) is 0 Å². The summed E-state index contributed by atoms with van der Waals surface area (Å²) >= 11 is 0. The summed E-state index contributed by atoms with van der Waals surface area (Å²) < 4.78 is 18.7. The van der Waals surface area contributed by atoms with E-state index >= 15 is 0 Å². The van der Waals surface area contributed by atoms with Crippen LogP contribution in [0.1, 0.15) is 5.56 Å². The van der Waals surface area contributed by atoms with Gasteiger partial charge in [-0.3, -0.25) is 4.98 Å². The third-order valence-corrected chi connectivity index (χ3v) is 3.63. The number of nitrogens with zero attached hydrogens (tertiary/aromatic N) is 3. The second-order valence-corrected chi connectivity index (χ2v) is 5.86. The van der Waals surface area contributed by atoms with Crippen LogP contribution in [-0.4, -0.2) is 55.1 Å². The predicted molar refractivity (Wildman–Crippen MR) is 95.2 cm³/mol. The maximum atomic E-state index is 13.8. The molecule has 1 N–H and O–H groups in total. The molecule has 0 atom stereocenters. The molecular weight excluding hydrogens is 323 g/mol. The Bertz CT molecular complexity index is 695. The van der Waals surface area contributed by atoms with Crippen molar-refractivity contribution in [3.05, 3.63) is 54.1 Å². The Balaban J connectivity index is 2.09. The zero-order valence-electron chi connectivity index (χ0n) is 14.7. The molecule has 0 saturated heterocycles. The number of methoxy groups -OCH3 is 1. The molecule has 0 aliphatic carbocycles. The highest BCUT2D eigenvalue weighted by atomic mass is 19.1. The van der Waals surface area contributed by atoms with Crippen molar-refractivity contribution in [3.8, 4) is 5.75 Å². The van der Waals surface area contributed by atoms with Crippen LogP contribution in [0.2, 0.25) is 0 Å².